The van der Waals surface area contributed by atoms with Crippen LogP contribution in [0.5, 0.6) is 0 Å². The number of hydrogen-bond donors (Lipinski definition) is 2. The standard InChI is InChI=1S/C8H10N4O/c9-3-4-10-6-1-2-7-8(5-6)12-13-11-7/h1-2,5,10H,3-4,9H2. The topological polar surface area (TPSA) is 77.0 Å². The number of nitrogens with one attached hydrogen (secondary N) is 1. The molecular formula is C8H10N4O. The Morgan fingerprint density at radius 3 is 3.00 bits per heavy atom. The normalized spacial score (nSPS) is 10.5. The van der Waals surface area contributed by atoms with Gasteiger partial charge in [0.05, 0.1) is 0 Å². The highest BCUT2D eigenvalue weighted by molar-refractivity contribution is 5.77. The van der Waals surface area contributed by atoms with Crippen molar-refractivity contribution in [3.05, 3.63) is 18.2 Å². The highest BCUT2D eigenvalue weighted by Crippen LogP contribution is 2.14. The number of benzene rings is 1. The van der Waals surface area contributed by atoms with Crippen molar-refractivity contribution >= 4 is 16.7 Å². The summed E-state index contributed by atoms with van der Waals surface area (Å²) in [6.45, 7) is 1.35. The molecule has 0 spiro atoms. The van der Waals surface area contributed by atoms with Gasteiger partial charge in [-0.25, -0.2) is 4.63 Å². The zero-order chi connectivity index (χ0) is 9.10. The van der Waals surface area contributed by atoms with Crippen LogP contribution in [0.2, 0.25) is 0 Å². The summed E-state index contributed by atoms with van der Waals surface area (Å²) in [5.41, 5.74) is 7.85. The molecule has 2 aromatic rings. The lowest BCUT2D eigenvalue weighted by Crippen LogP contribution is -2.12. The van der Waals surface area contributed by atoms with Crippen molar-refractivity contribution in [1.29, 1.82) is 0 Å². The third-order valence-corrected chi connectivity index (χ3v) is 1.73. The number of hydrogen-bond acceptors (Lipinski definition) is 5. The summed E-state index contributed by atoms with van der Waals surface area (Å²) < 4.78 is 4.57. The first-order chi connectivity index (χ1) is 6.40. The second-order valence-electron chi connectivity index (χ2n) is 2.68. The highest BCUT2D eigenvalue weighted by Gasteiger charge is 1.99. The van der Waals surface area contributed by atoms with Gasteiger partial charge in [-0.1, -0.05) is 0 Å². The van der Waals surface area contributed by atoms with E-state index in [1.54, 1.807) is 0 Å². The Morgan fingerprint density at radius 1 is 1.31 bits per heavy atom. The van der Waals surface area contributed by atoms with Gasteiger partial charge in [0.25, 0.3) is 0 Å². The van der Waals surface area contributed by atoms with E-state index in [1.807, 2.05) is 18.2 Å². The van der Waals surface area contributed by atoms with E-state index in [4.69, 9.17) is 5.73 Å². The van der Waals surface area contributed by atoms with Crippen LogP contribution in [0.15, 0.2) is 22.8 Å². The molecule has 0 bridgehead atoms. The average molecular weight is 178 g/mol. The van der Waals surface area contributed by atoms with E-state index >= 15 is 0 Å². The number of fused-ring (bicyclic) bond motifs is 1. The van der Waals surface area contributed by atoms with Crippen LogP contribution < -0.4 is 11.1 Å². The smallest absolute Gasteiger partial charge is 0.137 e. The summed E-state index contributed by atoms with van der Waals surface area (Å²) in [6.07, 6.45) is 0. The third-order valence-electron chi connectivity index (χ3n) is 1.73. The Balaban J connectivity index is 2.26. The van der Waals surface area contributed by atoms with E-state index in [0.29, 0.717) is 6.54 Å². The largest absolute Gasteiger partial charge is 0.384 e. The lowest BCUT2D eigenvalue weighted by Gasteiger charge is -2.02. The SMILES string of the molecule is NCCNc1ccc2nonc2c1. The van der Waals surface area contributed by atoms with Crippen molar-refractivity contribution in [2.45, 2.75) is 0 Å². The Kier molecular flexibility index (Phi) is 2.09. The highest BCUT2D eigenvalue weighted by atomic mass is 16.6. The minimum atomic E-state index is 0.606. The summed E-state index contributed by atoms with van der Waals surface area (Å²) >= 11 is 0. The molecule has 0 unspecified atom stereocenters. The molecule has 0 atom stereocenters. The molecule has 1 heterocycles. The van der Waals surface area contributed by atoms with E-state index in [2.05, 4.69) is 20.3 Å². The minimum absolute atomic E-state index is 0.606. The Bertz CT molecular complexity index is 398. The van der Waals surface area contributed by atoms with E-state index in [-0.39, 0.29) is 0 Å². The first-order valence-electron chi connectivity index (χ1n) is 4.06. The lowest BCUT2D eigenvalue weighted by molar-refractivity contribution is 0.315. The van der Waals surface area contributed by atoms with Gasteiger partial charge in [0.15, 0.2) is 0 Å². The van der Waals surface area contributed by atoms with E-state index in [1.165, 1.54) is 0 Å². The molecule has 13 heavy (non-hydrogen) atoms. The fourth-order valence-electron chi connectivity index (χ4n) is 1.11. The molecule has 68 valence electrons. The lowest BCUT2D eigenvalue weighted by atomic mass is 10.3. The van der Waals surface area contributed by atoms with Crippen molar-refractivity contribution in [3.63, 3.8) is 0 Å². The zero-order valence-electron chi connectivity index (χ0n) is 7.03. The van der Waals surface area contributed by atoms with Crippen molar-refractivity contribution in [2.75, 3.05) is 18.4 Å². The van der Waals surface area contributed by atoms with Gasteiger partial charge in [0.1, 0.15) is 11.0 Å². The molecule has 0 aliphatic carbocycles. The molecular weight excluding hydrogens is 168 g/mol. The number of rotatable bonds is 3. The number of nitrogens with zero attached hydrogens (tertiary/aromatic N) is 2. The van der Waals surface area contributed by atoms with Crippen LogP contribution in [0, 0.1) is 0 Å². The summed E-state index contributed by atoms with van der Waals surface area (Å²) in [6, 6.07) is 5.65. The van der Waals surface area contributed by atoms with Gasteiger partial charge in [0.2, 0.25) is 0 Å². The van der Waals surface area contributed by atoms with Crippen LogP contribution in [0.1, 0.15) is 0 Å². The van der Waals surface area contributed by atoms with Gasteiger partial charge < -0.3 is 11.1 Å². The third kappa shape index (κ3) is 1.59. The number of aromatic nitrogens is 2. The molecule has 0 fully saturated rings. The minimum Gasteiger partial charge on any atom is -0.384 e. The molecule has 5 nitrogen and oxygen atoms in total. The van der Waals surface area contributed by atoms with Gasteiger partial charge in [0, 0.05) is 18.8 Å². The molecule has 0 radical (unpaired) electrons. The molecule has 3 N–H and O–H groups in total. The zero-order valence-corrected chi connectivity index (χ0v) is 7.03. The van der Waals surface area contributed by atoms with Gasteiger partial charge in [-0.3, -0.25) is 0 Å². The Hall–Kier alpha value is -1.62. The molecule has 0 saturated carbocycles. The van der Waals surface area contributed by atoms with Gasteiger partial charge >= 0.3 is 0 Å². The molecule has 0 aliphatic rings. The maximum atomic E-state index is 5.36. The van der Waals surface area contributed by atoms with Gasteiger partial charge in [-0.2, -0.15) is 0 Å². The monoisotopic (exact) mass is 178 g/mol. The van der Waals surface area contributed by atoms with Crippen LogP contribution in [-0.2, 0) is 0 Å². The summed E-state index contributed by atoms with van der Waals surface area (Å²) in [7, 11) is 0. The maximum absolute atomic E-state index is 5.36. The second-order valence-corrected chi connectivity index (χ2v) is 2.68. The van der Waals surface area contributed by atoms with Crippen LogP contribution in [-0.4, -0.2) is 23.4 Å². The van der Waals surface area contributed by atoms with Crippen molar-refractivity contribution < 1.29 is 4.63 Å². The van der Waals surface area contributed by atoms with Crippen molar-refractivity contribution in [3.8, 4) is 0 Å². The maximum Gasteiger partial charge on any atom is 0.137 e. The van der Waals surface area contributed by atoms with Gasteiger partial charge in [-0.15, -0.1) is 0 Å². The molecule has 1 aromatic heterocycles. The Morgan fingerprint density at radius 2 is 2.15 bits per heavy atom. The van der Waals surface area contributed by atoms with Crippen molar-refractivity contribution in [1.82, 2.24) is 10.3 Å². The predicted octanol–water partition coefficient (Wildman–Crippen LogP) is 0.593. The first-order valence-corrected chi connectivity index (χ1v) is 4.06. The van der Waals surface area contributed by atoms with Crippen molar-refractivity contribution in [2.24, 2.45) is 5.73 Å². The van der Waals surface area contributed by atoms with Crippen LogP contribution >= 0.6 is 0 Å². The molecule has 1 aromatic carbocycles. The summed E-state index contributed by atoms with van der Waals surface area (Å²) in [4.78, 5) is 0. The van der Waals surface area contributed by atoms with Crippen LogP contribution in [0.3, 0.4) is 0 Å². The summed E-state index contributed by atoms with van der Waals surface area (Å²) in [5.74, 6) is 0. The number of nitrogens with two attached hydrogens (primary N) is 1. The number of anilines is 1. The molecule has 0 saturated heterocycles. The fraction of sp³-hybridized carbons (Fsp3) is 0.250. The Labute approximate surface area is 74.9 Å². The quantitative estimate of drug-likeness (QED) is 0.719. The first kappa shape index (κ1) is 8.00. The van der Waals surface area contributed by atoms with E-state index < -0.39 is 0 Å². The molecule has 0 aliphatic heterocycles. The van der Waals surface area contributed by atoms with Crippen LogP contribution in [0.25, 0.3) is 11.0 Å². The molecule has 0 amide bonds. The van der Waals surface area contributed by atoms with Crippen LogP contribution in [0.4, 0.5) is 5.69 Å². The van der Waals surface area contributed by atoms with E-state index in [0.717, 1.165) is 23.3 Å². The van der Waals surface area contributed by atoms with E-state index in [9.17, 15) is 0 Å². The summed E-state index contributed by atoms with van der Waals surface area (Å²) in [5, 5.41) is 10.6. The fourth-order valence-corrected chi connectivity index (χ4v) is 1.11. The molecule has 2 rings (SSSR count). The average Bonchev–Trinajstić information content (AvgIpc) is 2.61. The molecule has 5 heteroatoms. The second kappa shape index (κ2) is 3.40. The predicted molar refractivity (Wildman–Crippen MR) is 49.3 cm³/mol. The van der Waals surface area contributed by atoms with Gasteiger partial charge in [-0.05, 0) is 28.5 Å².